The molecule has 0 unspecified atom stereocenters. The number of allylic oxidation sites excluding steroid dienone is 1. The fraction of sp³-hybridized carbons (Fsp3) is 0.111. The molecule has 1 aliphatic rings. The van der Waals surface area contributed by atoms with Gasteiger partial charge >= 0.3 is 5.97 Å². The van der Waals surface area contributed by atoms with Gasteiger partial charge in [0.05, 0.1) is 28.3 Å². The molecule has 1 N–H and O–H groups in total. The van der Waals surface area contributed by atoms with Crippen LogP contribution in [-0.2, 0) is 6.54 Å². The third kappa shape index (κ3) is 2.70. The number of hydrogen-bond acceptors (Lipinski definition) is 4. The van der Waals surface area contributed by atoms with Crippen molar-refractivity contribution in [3.05, 3.63) is 64.1 Å². The quantitative estimate of drug-likeness (QED) is 0.779. The van der Waals surface area contributed by atoms with Crippen LogP contribution in [0.2, 0.25) is 5.02 Å². The molecular weight excluding hydrogens is 342 g/mol. The molecule has 1 aromatic carbocycles. The minimum absolute atomic E-state index is 0.181. The van der Waals surface area contributed by atoms with Gasteiger partial charge in [0.1, 0.15) is 0 Å². The van der Waals surface area contributed by atoms with E-state index in [1.807, 2.05) is 24.3 Å². The molecule has 0 saturated heterocycles. The fourth-order valence-electron chi connectivity index (χ4n) is 2.99. The van der Waals surface area contributed by atoms with Crippen LogP contribution in [0.25, 0.3) is 17.0 Å². The van der Waals surface area contributed by atoms with Crippen LogP contribution < -0.4 is 0 Å². The number of rotatable bonds is 3. The second-order valence-corrected chi connectivity index (χ2v) is 6.22. The van der Waals surface area contributed by atoms with E-state index < -0.39 is 5.97 Å². The number of hydrogen-bond donors (Lipinski definition) is 1. The first-order valence-corrected chi connectivity index (χ1v) is 7.99. The predicted octanol–water partition coefficient (Wildman–Crippen LogP) is 3.43. The molecule has 3 aromatic rings. The monoisotopic (exact) mass is 353 g/mol. The highest BCUT2D eigenvalue weighted by atomic mass is 35.5. The summed E-state index contributed by atoms with van der Waals surface area (Å²) in [6, 6.07) is 7.51. The van der Waals surface area contributed by atoms with Crippen molar-refractivity contribution in [2.24, 2.45) is 0 Å². The molecule has 0 atom stereocenters. The average molecular weight is 354 g/mol. The second kappa shape index (κ2) is 5.82. The number of carboxylic acids is 1. The van der Waals surface area contributed by atoms with Crippen LogP contribution in [-0.4, -0.2) is 31.6 Å². The van der Waals surface area contributed by atoms with E-state index in [9.17, 15) is 14.7 Å². The van der Waals surface area contributed by atoms with Crippen LogP contribution >= 0.6 is 11.6 Å². The zero-order chi connectivity index (χ0) is 17.6. The Bertz CT molecular complexity index is 1070. The average Bonchev–Trinajstić information content (AvgIpc) is 2.95. The van der Waals surface area contributed by atoms with Gasteiger partial charge in [-0.3, -0.25) is 14.5 Å². The summed E-state index contributed by atoms with van der Waals surface area (Å²) in [6.07, 6.45) is 5.25. The predicted molar refractivity (Wildman–Crippen MR) is 93.0 cm³/mol. The zero-order valence-corrected chi connectivity index (χ0v) is 13.7. The Morgan fingerprint density at radius 2 is 2.16 bits per heavy atom. The van der Waals surface area contributed by atoms with E-state index in [-0.39, 0.29) is 23.5 Å². The summed E-state index contributed by atoms with van der Waals surface area (Å²) >= 11 is 5.99. The number of ketones is 1. The number of pyridine rings is 1. The number of carbonyl (C=O) groups is 2. The Labute approximate surface area is 147 Å². The number of carboxylic acid groups (broad SMARTS) is 1. The van der Waals surface area contributed by atoms with Crippen LogP contribution in [0.3, 0.4) is 0 Å². The highest BCUT2D eigenvalue weighted by Gasteiger charge is 2.27. The third-order valence-corrected chi connectivity index (χ3v) is 4.30. The molecule has 0 bridgehead atoms. The van der Waals surface area contributed by atoms with Gasteiger partial charge in [0.15, 0.2) is 11.5 Å². The summed E-state index contributed by atoms with van der Waals surface area (Å²) in [6.45, 7) is 0.343. The first kappa shape index (κ1) is 15.5. The van der Waals surface area contributed by atoms with E-state index in [1.54, 1.807) is 23.0 Å². The number of aromatic carboxylic acids is 1. The molecule has 7 heteroatoms. The van der Waals surface area contributed by atoms with Gasteiger partial charge in [0, 0.05) is 18.0 Å². The Hall–Kier alpha value is -2.99. The van der Waals surface area contributed by atoms with Gasteiger partial charge in [-0.05, 0) is 29.8 Å². The molecule has 0 radical (unpaired) electrons. The van der Waals surface area contributed by atoms with E-state index in [0.717, 1.165) is 16.5 Å². The van der Waals surface area contributed by atoms with Crippen LogP contribution in [0.5, 0.6) is 0 Å². The van der Waals surface area contributed by atoms with Crippen molar-refractivity contribution < 1.29 is 14.7 Å². The molecule has 124 valence electrons. The standard InChI is InChI=1S/C18H12ClN3O3/c19-12-7-11-6-10(4-5-13(11)20-8-12)9-22-14-2-1-3-15(23)16(14)17(21-22)18(24)25/h1-2,4-8H,3,9H2,(H,24,25). The molecule has 25 heavy (non-hydrogen) atoms. The van der Waals surface area contributed by atoms with Crippen molar-refractivity contribution in [2.45, 2.75) is 13.0 Å². The molecule has 2 aromatic heterocycles. The molecule has 0 saturated carbocycles. The maximum Gasteiger partial charge on any atom is 0.357 e. The van der Waals surface area contributed by atoms with Crippen LogP contribution in [0.1, 0.15) is 38.5 Å². The minimum atomic E-state index is -1.20. The fourth-order valence-corrected chi connectivity index (χ4v) is 3.16. The van der Waals surface area contributed by atoms with E-state index in [1.165, 1.54) is 0 Å². The lowest BCUT2D eigenvalue weighted by atomic mass is 10.00. The number of benzene rings is 1. The lowest BCUT2D eigenvalue weighted by molar-refractivity contribution is 0.0685. The molecule has 2 heterocycles. The minimum Gasteiger partial charge on any atom is -0.476 e. The van der Waals surface area contributed by atoms with Crippen LogP contribution in [0, 0.1) is 0 Å². The molecule has 4 rings (SSSR count). The van der Waals surface area contributed by atoms with Crippen molar-refractivity contribution in [1.82, 2.24) is 14.8 Å². The van der Waals surface area contributed by atoms with Gasteiger partial charge in [-0.25, -0.2) is 4.79 Å². The van der Waals surface area contributed by atoms with Crippen molar-refractivity contribution >= 4 is 40.3 Å². The van der Waals surface area contributed by atoms with Crippen LogP contribution in [0.15, 0.2) is 36.5 Å². The van der Waals surface area contributed by atoms with E-state index in [4.69, 9.17) is 11.6 Å². The maximum atomic E-state index is 12.1. The number of Topliss-reactive ketones (excluding diaryl/α,β-unsaturated/α-hetero) is 1. The molecule has 1 aliphatic carbocycles. The van der Waals surface area contributed by atoms with Crippen molar-refractivity contribution in [3.8, 4) is 0 Å². The zero-order valence-electron chi connectivity index (χ0n) is 12.9. The number of halogens is 1. The number of aromatic nitrogens is 3. The third-order valence-electron chi connectivity index (χ3n) is 4.10. The topological polar surface area (TPSA) is 85.1 Å². The summed E-state index contributed by atoms with van der Waals surface area (Å²) < 4.78 is 1.55. The van der Waals surface area contributed by atoms with E-state index in [0.29, 0.717) is 17.3 Å². The highest BCUT2D eigenvalue weighted by Crippen LogP contribution is 2.25. The molecule has 6 nitrogen and oxygen atoms in total. The maximum absolute atomic E-state index is 12.1. The van der Waals surface area contributed by atoms with Gasteiger partial charge in [0.25, 0.3) is 0 Å². The Morgan fingerprint density at radius 1 is 1.32 bits per heavy atom. The summed E-state index contributed by atoms with van der Waals surface area (Å²) in [5.41, 5.74) is 2.23. The molecule has 0 spiro atoms. The molecule has 0 aliphatic heterocycles. The van der Waals surface area contributed by atoms with Crippen molar-refractivity contribution in [2.75, 3.05) is 0 Å². The normalized spacial score (nSPS) is 13.2. The molecule has 0 fully saturated rings. The van der Waals surface area contributed by atoms with Gasteiger partial charge in [-0.1, -0.05) is 23.7 Å². The lowest BCUT2D eigenvalue weighted by Crippen LogP contribution is -2.10. The smallest absolute Gasteiger partial charge is 0.357 e. The van der Waals surface area contributed by atoms with Crippen molar-refractivity contribution in [3.63, 3.8) is 0 Å². The Balaban J connectivity index is 1.79. The van der Waals surface area contributed by atoms with Crippen molar-refractivity contribution in [1.29, 1.82) is 0 Å². The first-order valence-electron chi connectivity index (χ1n) is 7.61. The largest absolute Gasteiger partial charge is 0.476 e. The van der Waals surface area contributed by atoms with Gasteiger partial charge in [-0.2, -0.15) is 5.10 Å². The first-order chi connectivity index (χ1) is 12.0. The lowest BCUT2D eigenvalue weighted by Gasteiger charge is -2.09. The summed E-state index contributed by atoms with van der Waals surface area (Å²) in [5.74, 6) is -1.43. The van der Waals surface area contributed by atoms with Gasteiger partial charge in [0.2, 0.25) is 0 Å². The summed E-state index contributed by atoms with van der Waals surface area (Å²) in [5, 5.41) is 14.9. The number of carbonyl (C=O) groups excluding carboxylic acids is 1. The highest BCUT2D eigenvalue weighted by molar-refractivity contribution is 6.31. The molecule has 0 amide bonds. The van der Waals surface area contributed by atoms with Gasteiger partial charge in [-0.15, -0.1) is 0 Å². The Morgan fingerprint density at radius 3 is 2.96 bits per heavy atom. The van der Waals surface area contributed by atoms with E-state index >= 15 is 0 Å². The van der Waals surface area contributed by atoms with E-state index in [2.05, 4.69) is 10.1 Å². The second-order valence-electron chi connectivity index (χ2n) is 5.78. The molecular formula is C18H12ClN3O3. The number of fused-ring (bicyclic) bond motifs is 2. The van der Waals surface area contributed by atoms with Crippen LogP contribution in [0.4, 0.5) is 0 Å². The summed E-state index contributed by atoms with van der Waals surface area (Å²) in [7, 11) is 0. The number of nitrogens with zero attached hydrogens (tertiary/aromatic N) is 3. The SMILES string of the molecule is O=C(O)c1nn(Cc2ccc3ncc(Cl)cc3c2)c2c1C(=O)CC=C2. The Kier molecular flexibility index (Phi) is 3.62. The van der Waals surface area contributed by atoms with Gasteiger partial charge < -0.3 is 5.11 Å². The summed E-state index contributed by atoms with van der Waals surface area (Å²) in [4.78, 5) is 27.8.